The average Bonchev–Trinajstić information content (AvgIpc) is 3.30. The Hall–Kier alpha value is -5.19. The van der Waals surface area contributed by atoms with Gasteiger partial charge in [-0.2, -0.15) is 0 Å². The van der Waals surface area contributed by atoms with Crippen LogP contribution < -0.4 is 10.4 Å². The molecule has 4 heterocycles. The van der Waals surface area contributed by atoms with E-state index in [2.05, 4.69) is 133 Å². The maximum absolute atomic E-state index is 5.28. The van der Waals surface area contributed by atoms with Crippen LogP contribution in [0.5, 0.6) is 0 Å². The monoisotopic (exact) mass is 565 g/mol. The highest BCUT2D eigenvalue weighted by molar-refractivity contribution is 7.05. The molecule has 4 heteroatoms. The highest BCUT2D eigenvalue weighted by Crippen LogP contribution is 2.37. The van der Waals surface area contributed by atoms with E-state index in [4.69, 9.17) is 9.97 Å². The largest absolute Gasteiger partial charge is 0.254 e. The van der Waals surface area contributed by atoms with Crippen LogP contribution >= 0.6 is 0 Å². The van der Waals surface area contributed by atoms with Crippen molar-refractivity contribution in [3.8, 4) is 33.6 Å². The molecule has 3 nitrogen and oxygen atoms in total. The molecule has 3 aromatic heterocycles. The second-order valence-corrected chi connectivity index (χ2v) is 16.3. The molecule has 0 saturated heterocycles. The molecule has 0 N–H and O–H groups in total. The van der Waals surface area contributed by atoms with Crippen molar-refractivity contribution in [3.63, 3.8) is 0 Å². The number of aromatic nitrogens is 3. The number of hydrogen-bond donors (Lipinski definition) is 0. The number of fused-ring (bicyclic) bond motifs is 9. The summed E-state index contributed by atoms with van der Waals surface area (Å²) in [4.78, 5) is 15.1. The molecule has 202 valence electrons. The summed E-state index contributed by atoms with van der Waals surface area (Å²) < 4.78 is 0. The fourth-order valence-corrected chi connectivity index (χ4v) is 10.7. The lowest BCUT2D eigenvalue weighted by atomic mass is 9.95. The van der Waals surface area contributed by atoms with Crippen LogP contribution in [-0.2, 0) is 0 Å². The molecule has 0 fully saturated rings. The lowest BCUT2D eigenvalue weighted by Crippen LogP contribution is -2.49. The topological polar surface area (TPSA) is 38.7 Å². The molecule has 1 aliphatic heterocycles. The van der Waals surface area contributed by atoms with Gasteiger partial charge in [0.05, 0.1) is 27.9 Å². The Morgan fingerprint density at radius 3 is 1.93 bits per heavy atom. The molecule has 1 aliphatic rings. The van der Waals surface area contributed by atoms with Gasteiger partial charge < -0.3 is 0 Å². The highest BCUT2D eigenvalue weighted by Gasteiger charge is 2.38. The molecular weight excluding hydrogens is 539 g/mol. The standard InChI is InChI=1S/C39H27N3Si/c1-43(2)36-12-6-5-11-30(36)31-18-21-35-32(39(31)43)19-22-33(41-35)28-16-17-29(27-10-4-3-9-26(27)28)34-20-15-25-14-13-24-8-7-23-40-37(24)38(25)42-34/h3-23H,1-2H3. The molecule has 0 unspecified atom stereocenters. The Morgan fingerprint density at radius 2 is 1.12 bits per heavy atom. The van der Waals surface area contributed by atoms with E-state index >= 15 is 0 Å². The summed E-state index contributed by atoms with van der Waals surface area (Å²) in [6.07, 6.45) is 1.84. The first-order valence-electron chi connectivity index (χ1n) is 14.8. The fourth-order valence-electron chi connectivity index (χ4n) is 7.27. The third-order valence-electron chi connectivity index (χ3n) is 9.29. The van der Waals surface area contributed by atoms with Gasteiger partial charge in [0.15, 0.2) is 0 Å². The summed E-state index contributed by atoms with van der Waals surface area (Å²) in [6, 6.07) is 43.6. The summed E-state index contributed by atoms with van der Waals surface area (Å²) in [5.74, 6) is 0. The van der Waals surface area contributed by atoms with E-state index < -0.39 is 8.07 Å². The molecule has 0 aliphatic carbocycles. The molecule has 9 rings (SSSR count). The predicted octanol–water partition coefficient (Wildman–Crippen LogP) is 8.62. The molecule has 0 spiro atoms. The summed E-state index contributed by atoms with van der Waals surface area (Å²) in [7, 11) is -1.82. The number of nitrogens with zero attached hydrogens (tertiary/aromatic N) is 3. The molecule has 0 radical (unpaired) electrons. The molecule has 43 heavy (non-hydrogen) atoms. The number of benzene rings is 5. The van der Waals surface area contributed by atoms with E-state index in [0.29, 0.717) is 0 Å². The number of rotatable bonds is 2. The minimum Gasteiger partial charge on any atom is -0.254 e. The quantitative estimate of drug-likeness (QED) is 0.156. The van der Waals surface area contributed by atoms with E-state index in [-0.39, 0.29) is 0 Å². The summed E-state index contributed by atoms with van der Waals surface area (Å²) in [5.41, 5.74) is 9.89. The first-order valence-corrected chi connectivity index (χ1v) is 17.8. The van der Waals surface area contributed by atoms with Crippen LogP contribution in [0.3, 0.4) is 0 Å². The van der Waals surface area contributed by atoms with Crippen molar-refractivity contribution in [2.24, 2.45) is 0 Å². The van der Waals surface area contributed by atoms with Crippen molar-refractivity contribution in [2.45, 2.75) is 13.1 Å². The van der Waals surface area contributed by atoms with Crippen LogP contribution in [0.1, 0.15) is 0 Å². The second kappa shape index (κ2) is 8.90. The predicted molar refractivity (Wildman–Crippen MR) is 183 cm³/mol. The van der Waals surface area contributed by atoms with Gasteiger partial charge in [-0.3, -0.25) is 4.98 Å². The van der Waals surface area contributed by atoms with E-state index in [9.17, 15) is 0 Å². The highest BCUT2D eigenvalue weighted by atomic mass is 28.3. The molecule has 0 amide bonds. The number of pyridine rings is 3. The normalized spacial score (nSPS) is 13.5. The minimum absolute atomic E-state index is 0.932. The van der Waals surface area contributed by atoms with Crippen molar-refractivity contribution in [2.75, 3.05) is 0 Å². The van der Waals surface area contributed by atoms with Crippen molar-refractivity contribution in [1.82, 2.24) is 15.0 Å². The first kappa shape index (κ1) is 24.4. The Balaban J connectivity index is 1.21. The number of hydrogen-bond acceptors (Lipinski definition) is 3. The van der Waals surface area contributed by atoms with Crippen molar-refractivity contribution in [1.29, 1.82) is 0 Å². The maximum Gasteiger partial charge on any atom is 0.114 e. The molecule has 0 bridgehead atoms. The van der Waals surface area contributed by atoms with Crippen molar-refractivity contribution in [3.05, 3.63) is 128 Å². The van der Waals surface area contributed by atoms with E-state index in [0.717, 1.165) is 49.8 Å². The van der Waals surface area contributed by atoms with Crippen molar-refractivity contribution >= 4 is 61.9 Å². The smallest absolute Gasteiger partial charge is 0.114 e. The maximum atomic E-state index is 5.28. The Labute approximate surface area is 250 Å². The van der Waals surface area contributed by atoms with Crippen molar-refractivity contribution < 1.29 is 0 Å². The zero-order valence-electron chi connectivity index (χ0n) is 24.0. The van der Waals surface area contributed by atoms with E-state index in [1.807, 2.05) is 12.3 Å². The van der Waals surface area contributed by atoms with Gasteiger partial charge in [-0.05, 0) is 56.5 Å². The van der Waals surface area contributed by atoms with Gasteiger partial charge >= 0.3 is 0 Å². The van der Waals surface area contributed by atoms with Crippen LogP contribution in [0.25, 0.3) is 77.1 Å². The lowest BCUT2D eigenvalue weighted by Gasteiger charge is -2.20. The molecule has 8 aromatic rings. The molecule has 0 saturated carbocycles. The van der Waals surface area contributed by atoms with E-state index in [1.165, 1.54) is 37.7 Å². The zero-order chi connectivity index (χ0) is 28.7. The van der Waals surface area contributed by atoms with Gasteiger partial charge in [0.2, 0.25) is 0 Å². The molecule has 0 atom stereocenters. The second-order valence-electron chi connectivity index (χ2n) is 12.0. The summed E-state index contributed by atoms with van der Waals surface area (Å²) in [6.45, 7) is 4.94. The first-order chi connectivity index (χ1) is 21.1. The Bertz CT molecular complexity index is 2440. The minimum atomic E-state index is -1.82. The average molecular weight is 566 g/mol. The Morgan fingerprint density at radius 1 is 0.465 bits per heavy atom. The van der Waals surface area contributed by atoms with Crippen LogP contribution in [0.15, 0.2) is 128 Å². The molecular formula is C39H27N3Si. The zero-order valence-corrected chi connectivity index (χ0v) is 25.0. The van der Waals surface area contributed by atoms with Crippen LogP contribution in [0.4, 0.5) is 0 Å². The van der Waals surface area contributed by atoms with Gasteiger partial charge in [-0.1, -0.05) is 110 Å². The fraction of sp³-hybridized carbons (Fsp3) is 0.0513. The SMILES string of the molecule is C[Si]1(C)c2ccccc2-c2ccc3nc(-c4ccc(-c5ccc6ccc7cccnc7c6n5)c5ccccc45)ccc3c21. The van der Waals surface area contributed by atoms with Crippen LogP contribution in [0, 0.1) is 0 Å². The van der Waals surface area contributed by atoms with Crippen LogP contribution in [-0.4, -0.2) is 23.0 Å². The molecule has 5 aromatic carbocycles. The van der Waals surface area contributed by atoms with Crippen LogP contribution in [0.2, 0.25) is 13.1 Å². The van der Waals surface area contributed by atoms with Gasteiger partial charge in [-0.15, -0.1) is 0 Å². The summed E-state index contributed by atoms with van der Waals surface area (Å²) in [5, 5.41) is 8.85. The summed E-state index contributed by atoms with van der Waals surface area (Å²) >= 11 is 0. The van der Waals surface area contributed by atoms with Gasteiger partial charge in [-0.25, -0.2) is 9.97 Å². The third-order valence-corrected chi connectivity index (χ3v) is 12.9. The third kappa shape index (κ3) is 3.50. The lowest BCUT2D eigenvalue weighted by molar-refractivity contribution is 1.37. The Kier molecular flexibility index (Phi) is 5.05. The van der Waals surface area contributed by atoms with E-state index in [1.54, 1.807) is 0 Å². The van der Waals surface area contributed by atoms with Gasteiger partial charge in [0, 0.05) is 33.5 Å². The van der Waals surface area contributed by atoms with Gasteiger partial charge in [0.1, 0.15) is 8.07 Å². The van der Waals surface area contributed by atoms with Gasteiger partial charge in [0.25, 0.3) is 0 Å².